The third kappa shape index (κ3) is 7.38. The van der Waals surface area contributed by atoms with Crippen molar-refractivity contribution in [3.8, 4) is 0 Å². The van der Waals surface area contributed by atoms with Crippen molar-refractivity contribution in [2.45, 2.75) is 0 Å². The van der Waals surface area contributed by atoms with E-state index in [-0.39, 0.29) is 25.7 Å². The molecule has 6 heteroatoms. The predicted octanol–water partition coefficient (Wildman–Crippen LogP) is 1.68. The highest BCUT2D eigenvalue weighted by molar-refractivity contribution is 9.10. The summed E-state index contributed by atoms with van der Waals surface area (Å²) in [5.74, 6) is -1.27. The number of rotatable bonds is 7. The molecule has 2 N–H and O–H groups in total. The fraction of sp³-hybridized carbons (Fsp3) is 0.231. The van der Waals surface area contributed by atoms with Crippen LogP contribution >= 0.6 is 15.9 Å². The zero-order valence-electron chi connectivity index (χ0n) is 10.1. The van der Waals surface area contributed by atoms with Gasteiger partial charge in [-0.3, -0.25) is 4.79 Å². The number of hydrogen-bond acceptors (Lipinski definition) is 3. The molecule has 0 saturated heterocycles. The van der Waals surface area contributed by atoms with Crippen LogP contribution in [0.3, 0.4) is 0 Å². The van der Waals surface area contributed by atoms with Crippen LogP contribution in [0.15, 0.2) is 34.8 Å². The first-order valence-corrected chi connectivity index (χ1v) is 6.38. The van der Waals surface area contributed by atoms with Crippen molar-refractivity contribution in [1.82, 2.24) is 5.32 Å². The second-order valence-corrected chi connectivity index (χ2v) is 4.54. The van der Waals surface area contributed by atoms with Gasteiger partial charge in [0, 0.05) is 17.1 Å². The second-order valence-electron chi connectivity index (χ2n) is 3.62. The summed E-state index contributed by atoms with van der Waals surface area (Å²) in [6.07, 6.45) is 3.11. The van der Waals surface area contributed by atoms with Gasteiger partial charge in [0.25, 0.3) is 0 Å². The van der Waals surface area contributed by atoms with Crippen LogP contribution in [0.2, 0.25) is 0 Å². The third-order valence-corrected chi connectivity index (χ3v) is 2.60. The Balaban J connectivity index is 2.23. The number of aliphatic carboxylic acids is 1. The van der Waals surface area contributed by atoms with Gasteiger partial charge in [0.05, 0.1) is 6.61 Å². The topological polar surface area (TPSA) is 75.6 Å². The Morgan fingerprint density at radius 3 is 2.63 bits per heavy atom. The van der Waals surface area contributed by atoms with E-state index in [0.29, 0.717) is 0 Å². The highest BCUT2D eigenvalue weighted by atomic mass is 79.9. The van der Waals surface area contributed by atoms with Crippen molar-refractivity contribution in [3.63, 3.8) is 0 Å². The van der Waals surface area contributed by atoms with Gasteiger partial charge < -0.3 is 15.2 Å². The molecule has 0 aliphatic rings. The molecule has 1 rings (SSSR count). The zero-order valence-corrected chi connectivity index (χ0v) is 11.7. The van der Waals surface area contributed by atoms with Crippen LogP contribution in [0.25, 0.3) is 6.08 Å². The van der Waals surface area contributed by atoms with Crippen LogP contribution in [0.5, 0.6) is 0 Å². The van der Waals surface area contributed by atoms with Gasteiger partial charge in [-0.2, -0.15) is 0 Å². The number of benzene rings is 1. The standard InChI is InChI=1S/C13H14BrNO4/c14-11-4-1-10(2-5-11)3-6-12(16)15-7-8-19-9-13(17)18/h1-6H,7-9H2,(H,15,16)(H,17,18). The molecule has 0 saturated carbocycles. The highest BCUT2D eigenvalue weighted by Gasteiger charge is 1.97. The molecule has 0 heterocycles. The number of nitrogens with one attached hydrogen (secondary N) is 1. The van der Waals surface area contributed by atoms with Crippen molar-refractivity contribution in [3.05, 3.63) is 40.4 Å². The molecule has 0 atom stereocenters. The molecular weight excluding hydrogens is 314 g/mol. The molecule has 0 aliphatic heterocycles. The Kier molecular flexibility index (Phi) is 6.84. The second kappa shape index (κ2) is 8.44. The first-order valence-electron chi connectivity index (χ1n) is 5.59. The first kappa shape index (κ1) is 15.4. The van der Waals surface area contributed by atoms with E-state index >= 15 is 0 Å². The van der Waals surface area contributed by atoms with Crippen LogP contribution in [0, 0.1) is 0 Å². The quantitative estimate of drug-likeness (QED) is 0.590. The van der Waals surface area contributed by atoms with Gasteiger partial charge in [-0.1, -0.05) is 28.1 Å². The Morgan fingerprint density at radius 2 is 2.00 bits per heavy atom. The van der Waals surface area contributed by atoms with Crippen LogP contribution in [0.4, 0.5) is 0 Å². The largest absolute Gasteiger partial charge is 0.480 e. The Labute approximate surface area is 119 Å². The molecule has 0 bridgehead atoms. The number of hydrogen-bond donors (Lipinski definition) is 2. The summed E-state index contributed by atoms with van der Waals surface area (Å²) in [5, 5.41) is 10.9. The van der Waals surface area contributed by atoms with Gasteiger partial charge in [-0.25, -0.2) is 4.79 Å². The summed E-state index contributed by atoms with van der Waals surface area (Å²) in [4.78, 5) is 21.6. The Morgan fingerprint density at radius 1 is 1.32 bits per heavy atom. The highest BCUT2D eigenvalue weighted by Crippen LogP contribution is 2.11. The minimum atomic E-state index is -1.03. The smallest absolute Gasteiger partial charge is 0.329 e. The zero-order chi connectivity index (χ0) is 14.1. The van der Waals surface area contributed by atoms with E-state index in [2.05, 4.69) is 21.2 Å². The number of ether oxygens (including phenoxy) is 1. The van der Waals surface area contributed by atoms with E-state index in [1.54, 1.807) is 6.08 Å². The maximum absolute atomic E-state index is 11.4. The third-order valence-electron chi connectivity index (χ3n) is 2.07. The summed E-state index contributed by atoms with van der Waals surface area (Å²) in [6.45, 7) is 0.0888. The molecule has 0 spiro atoms. The average Bonchev–Trinajstić information content (AvgIpc) is 2.37. The summed E-state index contributed by atoms with van der Waals surface area (Å²) in [7, 11) is 0. The van der Waals surface area contributed by atoms with Gasteiger partial charge in [0.2, 0.25) is 5.91 Å². The minimum Gasteiger partial charge on any atom is -0.480 e. The van der Waals surface area contributed by atoms with Crippen molar-refractivity contribution < 1.29 is 19.4 Å². The molecule has 102 valence electrons. The lowest BCUT2D eigenvalue weighted by Crippen LogP contribution is -2.26. The van der Waals surface area contributed by atoms with Gasteiger partial charge in [-0.15, -0.1) is 0 Å². The van der Waals surface area contributed by atoms with Crippen molar-refractivity contribution >= 4 is 33.9 Å². The first-order chi connectivity index (χ1) is 9.08. The molecule has 0 aromatic heterocycles. The lowest BCUT2D eigenvalue weighted by molar-refractivity contribution is -0.142. The van der Waals surface area contributed by atoms with Crippen molar-refractivity contribution in [2.24, 2.45) is 0 Å². The van der Waals surface area contributed by atoms with Gasteiger partial charge in [-0.05, 0) is 23.8 Å². The number of halogens is 1. The Hall–Kier alpha value is -1.66. The van der Waals surface area contributed by atoms with Gasteiger partial charge >= 0.3 is 5.97 Å². The summed E-state index contributed by atoms with van der Waals surface area (Å²) in [6, 6.07) is 7.53. The van der Waals surface area contributed by atoms with E-state index in [9.17, 15) is 9.59 Å². The Bertz CT molecular complexity index is 456. The monoisotopic (exact) mass is 327 g/mol. The van der Waals surface area contributed by atoms with Crippen molar-refractivity contribution in [1.29, 1.82) is 0 Å². The van der Waals surface area contributed by atoms with E-state index in [0.717, 1.165) is 10.0 Å². The maximum Gasteiger partial charge on any atom is 0.329 e. The fourth-order valence-corrected chi connectivity index (χ4v) is 1.47. The van der Waals surface area contributed by atoms with Crippen LogP contribution in [-0.4, -0.2) is 36.7 Å². The average molecular weight is 328 g/mol. The number of carbonyl (C=O) groups is 2. The minimum absolute atomic E-state index is 0.171. The summed E-state index contributed by atoms with van der Waals surface area (Å²) >= 11 is 3.33. The molecule has 0 fully saturated rings. The van der Waals surface area contributed by atoms with E-state index < -0.39 is 5.97 Å². The van der Waals surface area contributed by atoms with Crippen LogP contribution in [0.1, 0.15) is 5.56 Å². The summed E-state index contributed by atoms with van der Waals surface area (Å²) in [5.41, 5.74) is 0.917. The number of carbonyl (C=O) groups excluding carboxylic acids is 1. The molecular formula is C13H14BrNO4. The lowest BCUT2D eigenvalue weighted by atomic mass is 10.2. The van der Waals surface area contributed by atoms with Crippen molar-refractivity contribution in [2.75, 3.05) is 19.8 Å². The number of amides is 1. The molecule has 0 aliphatic carbocycles. The van der Waals surface area contributed by atoms with E-state index in [1.807, 2.05) is 24.3 Å². The lowest BCUT2D eigenvalue weighted by Gasteiger charge is -2.02. The molecule has 1 aromatic rings. The maximum atomic E-state index is 11.4. The van der Waals surface area contributed by atoms with Gasteiger partial charge in [0.1, 0.15) is 6.61 Å². The molecule has 0 radical (unpaired) electrons. The van der Waals surface area contributed by atoms with E-state index in [1.165, 1.54) is 6.08 Å². The summed E-state index contributed by atoms with van der Waals surface area (Å²) < 4.78 is 5.75. The normalized spacial score (nSPS) is 10.6. The molecule has 1 amide bonds. The fourth-order valence-electron chi connectivity index (χ4n) is 1.21. The SMILES string of the molecule is O=C(O)COCCNC(=O)C=Cc1ccc(Br)cc1. The molecule has 19 heavy (non-hydrogen) atoms. The van der Waals surface area contributed by atoms with Crippen LogP contribution < -0.4 is 5.32 Å². The van der Waals surface area contributed by atoms with E-state index in [4.69, 9.17) is 9.84 Å². The molecule has 1 aromatic carbocycles. The number of carboxylic acids is 1. The molecule has 5 nitrogen and oxygen atoms in total. The van der Waals surface area contributed by atoms with Crippen LogP contribution in [-0.2, 0) is 14.3 Å². The molecule has 0 unspecified atom stereocenters. The van der Waals surface area contributed by atoms with Gasteiger partial charge in [0.15, 0.2) is 0 Å². The predicted molar refractivity (Wildman–Crippen MR) is 74.6 cm³/mol. The number of carboxylic acid groups (broad SMARTS) is 1.